The van der Waals surface area contributed by atoms with Crippen LogP contribution in [-0.2, 0) is 21.9 Å². The van der Waals surface area contributed by atoms with Gasteiger partial charge >= 0.3 is 0 Å². The number of methoxy groups -OCH3 is 1. The van der Waals surface area contributed by atoms with Crippen LogP contribution in [0.25, 0.3) is 0 Å². The third-order valence-electron chi connectivity index (χ3n) is 5.36. The number of rotatable bonds is 8. The van der Waals surface area contributed by atoms with E-state index in [9.17, 15) is 13.2 Å². The number of aromatic nitrogens is 2. The summed E-state index contributed by atoms with van der Waals surface area (Å²) in [6.45, 7) is 9.80. The Morgan fingerprint density at radius 1 is 1.08 bits per heavy atom. The van der Waals surface area contributed by atoms with E-state index in [-0.39, 0.29) is 16.9 Å². The van der Waals surface area contributed by atoms with Gasteiger partial charge in [-0.1, -0.05) is 33.8 Å². The van der Waals surface area contributed by atoms with E-state index >= 15 is 0 Å². The minimum atomic E-state index is -3.58. The average Bonchev–Trinajstić information content (AvgIpc) is 2.78. The van der Waals surface area contributed by atoms with Gasteiger partial charge in [0.1, 0.15) is 11.6 Å². The molecule has 0 unspecified atom stereocenters. The highest BCUT2D eigenvalue weighted by Gasteiger charge is 2.22. The molecule has 3 aromatic rings. The van der Waals surface area contributed by atoms with Crippen LogP contribution in [-0.4, -0.2) is 37.7 Å². The number of nitrogens with zero attached hydrogens (tertiary/aromatic N) is 2. The van der Waals surface area contributed by atoms with Gasteiger partial charge in [-0.05, 0) is 47.7 Å². The number of ether oxygens (including phenoxy) is 2. The number of carbonyl (C=O) groups is 1. The molecule has 0 spiro atoms. The number of hydrogen-bond acceptors (Lipinski definition) is 7. The molecule has 0 saturated carbocycles. The molecule has 0 fully saturated rings. The van der Waals surface area contributed by atoms with Crippen molar-refractivity contribution < 1.29 is 22.7 Å². The monoisotopic (exact) mass is 512 g/mol. The molecular weight excluding hydrogens is 480 g/mol. The van der Waals surface area contributed by atoms with E-state index < -0.39 is 15.9 Å². The topological polar surface area (TPSA) is 120 Å². The molecule has 1 aromatic heterocycles. The molecule has 2 N–H and O–H groups in total. The summed E-state index contributed by atoms with van der Waals surface area (Å²) >= 11 is 0. The molecule has 10 heteroatoms. The van der Waals surface area contributed by atoms with Crippen molar-refractivity contribution in [2.45, 2.75) is 46.5 Å². The number of anilines is 2. The van der Waals surface area contributed by atoms with Crippen LogP contribution in [0, 0.1) is 6.92 Å². The molecule has 0 saturated heterocycles. The summed E-state index contributed by atoms with van der Waals surface area (Å²) in [5, 5.41) is 2.87. The fourth-order valence-corrected chi connectivity index (χ4v) is 3.97. The maximum absolute atomic E-state index is 13.3. The largest absolute Gasteiger partial charge is 0.492 e. The van der Waals surface area contributed by atoms with Gasteiger partial charge in [0.15, 0.2) is 5.75 Å². The number of benzene rings is 2. The van der Waals surface area contributed by atoms with Gasteiger partial charge in [-0.25, -0.2) is 13.4 Å². The first-order valence-corrected chi connectivity index (χ1v) is 13.3. The molecule has 1 heterocycles. The van der Waals surface area contributed by atoms with E-state index in [2.05, 4.69) is 20.0 Å². The van der Waals surface area contributed by atoms with Gasteiger partial charge in [-0.3, -0.25) is 9.52 Å². The van der Waals surface area contributed by atoms with Crippen molar-refractivity contribution in [3.8, 4) is 17.4 Å². The zero-order valence-corrected chi connectivity index (χ0v) is 22.4. The Balaban J connectivity index is 1.98. The van der Waals surface area contributed by atoms with Crippen LogP contribution < -0.4 is 19.5 Å². The van der Waals surface area contributed by atoms with Crippen molar-refractivity contribution in [1.82, 2.24) is 9.97 Å². The lowest BCUT2D eigenvalue weighted by atomic mass is 9.86. The number of hydrogen-bond donors (Lipinski definition) is 2. The zero-order chi connectivity index (χ0) is 26.7. The minimum absolute atomic E-state index is 0.207. The number of amides is 1. The number of sulfonamides is 1. The summed E-state index contributed by atoms with van der Waals surface area (Å²) in [6, 6.07) is 10.2. The molecule has 3 rings (SSSR count). The zero-order valence-electron chi connectivity index (χ0n) is 21.6. The van der Waals surface area contributed by atoms with Crippen LogP contribution in [0.15, 0.2) is 42.6 Å². The number of nitrogens with one attached hydrogen (secondary N) is 2. The van der Waals surface area contributed by atoms with Crippen molar-refractivity contribution >= 4 is 27.3 Å². The van der Waals surface area contributed by atoms with Crippen molar-refractivity contribution in [1.29, 1.82) is 0 Å². The molecule has 0 radical (unpaired) electrons. The molecule has 0 bridgehead atoms. The Morgan fingerprint density at radius 2 is 1.78 bits per heavy atom. The first kappa shape index (κ1) is 26.9. The highest BCUT2D eigenvalue weighted by Crippen LogP contribution is 2.39. The summed E-state index contributed by atoms with van der Waals surface area (Å²) in [5.41, 5.74) is 2.25. The minimum Gasteiger partial charge on any atom is -0.492 e. The first-order chi connectivity index (χ1) is 16.8. The summed E-state index contributed by atoms with van der Waals surface area (Å²) in [5.74, 6) is 1.32. The predicted molar refractivity (Wildman–Crippen MR) is 141 cm³/mol. The Labute approximate surface area is 212 Å². The highest BCUT2D eigenvalue weighted by atomic mass is 32.2. The third kappa shape index (κ3) is 6.72. The van der Waals surface area contributed by atoms with E-state index in [1.807, 2.05) is 34.6 Å². The Kier molecular flexibility index (Phi) is 7.88. The number of aryl methyl sites for hydroxylation is 2. The maximum Gasteiger partial charge on any atom is 0.255 e. The fourth-order valence-electron chi connectivity index (χ4n) is 3.42. The lowest BCUT2D eigenvalue weighted by molar-refractivity contribution is 0.102. The second-order valence-corrected chi connectivity index (χ2v) is 11.2. The van der Waals surface area contributed by atoms with Crippen molar-refractivity contribution in [2.75, 3.05) is 23.4 Å². The van der Waals surface area contributed by atoms with E-state index in [0.29, 0.717) is 35.1 Å². The summed E-state index contributed by atoms with van der Waals surface area (Å²) in [7, 11) is -2.17. The van der Waals surface area contributed by atoms with Gasteiger partial charge in [0, 0.05) is 24.2 Å². The molecule has 2 aromatic carbocycles. The molecule has 0 aliphatic heterocycles. The van der Waals surface area contributed by atoms with E-state index in [4.69, 9.17) is 9.47 Å². The van der Waals surface area contributed by atoms with Gasteiger partial charge in [0.05, 0.1) is 24.7 Å². The van der Waals surface area contributed by atoms with Crippen LogP contribution in [0.4, 0.5) is 11.4 Å². The molecule has 0 aliphatic rings. The van der Waals surface area contributed by atoms with Gasteiger partial charge < -0.3 is 14.8 Å². The van der Waals surface area contributed by atoms with Crippen LogP contribution in [0.3, 0.4) is 0 Å². The van der Waals surface area contributed by atoms with E-state index in [1.54, 1.807) is 42.6 Å². The lowest BCUT2D eigenvalue weighted by Crippen LogP contribution is -2.18. The summed E-state index contributed by atoms with van der Waals surface area (Å²) < 4.78 is 37.9. The van der Waals surface area contributed by atoms with Gasteiger partial charge in [0.2, 0.25) is 15.9 Å². The smallest absolute Gasteiger partial charge is 0.255 e. The first-order valence-electron chi connectivity index (χ1n) is 11.4. The van der Waals surface area contributed by atoms with Gasteiger partial charge in [-0.2, -0.15) is 4.98 Å². The summed E-state index contributed by atoms with van der Waals surface area (Å²) in [4.78, 5) is 21.8. The predicted octanol–water partition coefficient (Wildman–Crippen LogP) is 5.07. The standard InChI is InChI=1S/C26H32N4O5S/c1-8-22-27-12-11-23(29-22)35-21-13-17(10-9-16(21)2)25(31)28-19-14-18(26(3,4)5)15-20(24(19)34-6)30-36(7,32)33/h9-15,30H,8H2,1-7H3,(H,28,31). The quantitative estimate of drug-likeness (QED) is 0.432. The fraction of sp³-hybridized carbons (Fsp3) is 0.346. The maximum atomic E-state index is 13.3. The molecule has 0 atom stereocenters. The normalized spacial score (nSPS) is 11.6. The molecule has 1 amide bonds. The second kappa shape index (κ2) is 10.5. The van der Waals surface area contributed by atoms with E-state index in [1.165, 1.54) is 7.11 Å². The average molecular weight is 513 g/mol. The Bertz CT molecular complexity index is 1380. The van der Waals surface area contributed by atoms with Crippen LogP contribution in [0.5, 0.6) is 17.4 Å². The van der Waals surface area contributed by atoms with Gasteiger partial charge in [-0.15, -0.1) is 0 Å². The summed E-state index contributed by atoms with van der Waals surface area (Å²) in [6.07, 6.45) is 3.36. The molecule has 192 valence electrons. The molecular formula is C26H32N4O5S. The SMILES string of the molecule is CCc1nccc(Oc2cc(C(=O)Nc3cc(C(C)(C)C)cc(NS(C)(=O)=O)c3OC)ccc2C)n1. The van der Waals surface area contributed by atoms with Gasteiger partial charge in [0.25, 0.3) is 5.91 Å². The molecule has 9 nitrogen and oxygen atoms in total. The highest BCUT2D eigenvalue weighted by molar-refractivity contribution is 7.92. The molecule has 0 aliphatic carbocycles. The van der Waals surface area contributed by atoms with Crippen LogP contribution in [0.2, 0.25) is 0 Å². The molecule has 36 heavy (non-hydrogen) atoms. The lowest BCUT2D eigenvalue weighted by Gasteiger charge is -2.24. The number of carbonyl (C=O) groups excluding carboxylic acids is 1. The third-order valence-corrected chi connectivity index (χ3v) is 5.95. The van der Waals surface area contributed by atoms with Crippen molar-refractivity contribution in [3.05, 3.63) is 65.1 Å². The second-order valence-electron chi connectivity index (χ2n) is 9.43. The van der Waals surface area contributed by atoms with Crippen LogP contribution >= 0.6 is 0 Å². The van der Waals surface area contributed by atoms with E-state index in [0.717, 1.165) is 17.4 Å². The Hall–Kier alpha value is -3.66. The Morgan fingerprint density at radius 3 is 2.39 bits per heavy atom. The van der Waals surface area contributed by atoms with Crippen molar-refractivity contribution in [3.63, 3.8) is 0 Å². The van der Waals surface area contributed by atoms with Crippen molar-refractivity contribution in [2.24, 2.45) is 0 Å². The van der Waals surface area contributed by atoms with Crippen LogP contribution in [0.1, 0.15) is 55.0 Å².